The molecule has 0 atom stereocenters. The lowest BCUT2D eigenvalue weighted by Gasteiger charge is -2.09. The van der Waals surface area contributed by atoms with Gasteiger partial charge in [0.05, 0.1) is 11.4 Å². The molecule has 3 aromatic rings. The molecule has 0 aliphatic heterocycles. The third-order valence-corrected chi connectivity index (χ3v) is 4.59. The van der Waals surface area contributed by atoms with Gasteiger partial charge >= 0.3 is 0 Å². The van der Waals surface area contributed by atoms with Crippen LogP contribution in [0.2, 0.25) is 0 Å². The third-order valence-electron chi connectivity index (χ3n) is 3.66. The van der Waals surface area contributed by atoms with Crippen LogP contribution >= 0.6 is 11.8 Å². The van der Waals surface area contributed by atoms with E-state index < -0.39 is 0 Å². The van der Waals surface area contributed by atoms with E-state index in [0.717, 1.165) is 22.8 Å². The number of hydrogen-bond acceptors (Lipinski definition) is 5. The summed E-state index contributed by atoms with van der Waals surface area (Å²) in [6.45, 7) is 5.83. The molecule has 0 spiro atoms. The third kappa shape index (κ3) is 3.90. The molecule has 0 aliphatic rings. The Morgan fingerprint density at radius 1 is 1.20 bits per heavy atom. The maximum atomic E-state index is 12.2. The van der Waals surface area contributed by atoms with Crippen LogP contribution in [0.4, 0.5) is 5.82 Å². The van der Waals surface area contributed by atoms with Gasteiger partial charge in [0.15, 0.2) is 5.16 Å². The number of carbonyl (C=O) groups excluding carboxylic acids is 1. The molecule has 25 heavy (non-hydrogen) atoms. The summed E-state index contributed by atoms with van der Waals surface area (Å²) in [6.07, 6.45) is 0. The molecule has 1 N–H and O–H groups in total. The van der Waals surface area contributed by atoms with E-state index in [4.69, 9.17) is 0 Å². The summed E-state index contributed by atoms with van der Waals surface area (Å²) in [5.41, 5.74) is 3.01. The van der Waals surface area contributed by atoms with Crippen molar-refractivity contribution in [1.29, 1.82) is 0 Å². The minimum absolute atomic E-state index is 0.107. The zero-order valence-corrected chi connectivity index (χ0v) is 15.5. The molecule has 0 unspecified atom stereocenters. The van der Waals surface area contributed by atoms with Crippen LogP contribution in [0, 0.1) is 20.8 Å². The van der Waals surface area contributed by atoms with Gasteiger partial charge in [-0.2, -0.15) is 5.10 Å². The largest absolute Gasteiger partial charge is 0.310 e. The second kappa shape index (κ2) is 7.10. The van der Waals surface area contributed by atoms with Gasteiger partial charge in [-0.05, 0) is 38.5 Å². The topological polar surface area (TPSA) is 77.6 Å². The van der Waals surface area contributed by atoms with Gasteiger partial charge in [-0.1, -0.05) is 23.9 Å². The van der Waals surface area contributed by atoms with Crippen LogP contribution in [-0.4, -0.2) is 36.2 Å². The number of thioether (sulfide) groups is 1. The first-order valence-electron chi connectivity index (χ1n) is 7.86. The molecule has 0 aliphatic carbocycles. The van der Waals surface area contributed by atoms with E-state index in [1.54, 1.807) is 11.7 Å². The van der Waals surface area contributed by atoms with Gasteiger partial charge in [0.1, 0.15) is 11.6 Å². The molecule has 0 radical (unpaired) electrons. The first kappa shape index (κ1) is 17.2. The number of aromatic nitrogens is 5. The summed E-state index contributed by atoms with van der Waals surface area (Å²) >= 11 is 1.36. The Kier molecular flexibility index (Phi) is 4.89. The van der Waals surface area contributed by atoms with E-state index in [1.807, 2.05) is 49.6 Å². The van der Waals surface area contributed by atoms with Crippen LogP contribution in [0.25, 0.3) is 5.69 Å². The lowest BCUT2D eigenvalue weighted by atomic mass is 10.2. The molecule has 0 saturated carbocycles. The van der Waals surface area contributed by atoms with Crippen molar-refractivity contribution in [3.63, 3.8) is 0 Å². The number of anilines is 1. The quantitative estimate of drug-likeness (QED) is 0.711. The van der Waals surface area contributed by atoms with E-state index in [1.165, 1.54) is 11.8 Å². The molecule has 130 valence electrons. The Labute approximate surface area is 150 Å². The zero-order chi connectivity index (χ0) is 18.0. The fourth-order valence-corrected chi connectivity index (χ4v) is 3.33. The van der Waals surface area contributed by atoms with Crippen molar-refractivity contribution in [3.8, 4) is 5.69 Å². The Morgan fingerprint density at radius 2 is 2.00 bits per heavy atom. The van der Waals surface area contributed by atoms with E-state index in [9.17, 15) is 4.79 Å². The van der Waals surface area contributed by atoms with Gasteiger partial charge in [0.25, 0.3) is 0 Å². The van der Waals surface area contributed by atoms with Crippen LogP contribution < -0.4 is 5.32 Å². The van der Waals surface area contributed by atoms with Crippen LogP contribution in [0.1, 0.15) is 17.1 Å². The predicted octanol–water partition coefficient (Wildman–Crippen LogP) is 2.66. The number of benzene rings is 1. The fraction of sp³-hybridized carbons (Fsp3) is 0.294. The Bertz CT molecular complexity index is 914. The Hall–Kier alpha value is -2.61. The van der Waals surface area contributed by atoms with Gasteiger partial charge in [0.2, 0.25) is 5.91 Å². The van der Waals surface area contributed by atoms with Gasteiger partial charge in [-0.25, -0.2) is 0 Å². The monoisotopic (exact) mass is 356 g/mol. The number of rotatable bonds is 5. The maximum absolute atomic E-state index is 12.2. The van der Waals surface area contributed by atoms with Crippen molar-refractivity contribution in [1.82, 2.24) is 24.5 Å². The summed E-state index contributed by atoms with van der Waals surface area (Å²) in [5.74, 6) is 1.61. The number of amides is 1. The van der Waals surface area contributed by atoms with Crippen LogP contribution in [0.5, 0.6) is 0 Å². The first-order valence-corrected chi connectivity index (χ1v) is 8.85. The van der Waals surface area contributed by atoms with E-state index in [2.05, 4.69) is 26.7 Å². The number of aryl methyl sites for hydroxylation is 4. The molecule has 1 amide bonds. The van der Waals surface area contributed by atoms with Gasteiger partial charge in [0, 0.05) is 18.8 Å². The number of nitrogens with zero attached hydrogens (tertiary/aromatic N) is 5. The summed E-state index contributed by atoms with van der Waals surface area (Å²) < 4.78 is 3.61. The molecule has 0 bridgehead atoms. The average Bonchev–Trinajstić information content (AvgIpc) is 3.07. The van der Waals surface area contributed by atoms with Crippen molar-refractivity contribution in [2.24, 2.45) is 7.05 Å². The minimum atomic E-state index is -0.107. The van der Waals surface area contributed by atoms with Crippen LogP contribution in [0.3, 0.4) is 0 Å². The zero-order valence-electron chi connectivity index (χ0n) is 14.6. The highest BCUT2D eigenvalue weighted by Gasteiger charge is 2.14. The smallest absolute Gasteiger partial charge is 0.235 e. The van der Waals surface area contributed by atoms with E-state index in [-0.39, 0.29) is 11.7 Å². The molecule has 0 fully saturated rings. The van der Waals surface area contributed by atoms with Crippen molar-refractivity contribution in [2.45, 2.75) is 25.9 Å². The summed E-state index contributed by atoms with van der Waals surface area (Å²) in [4.78, 5) is 12.2. The van der Waals surface area contributed by atoms with Crippen molar-refractivity contribution >= 4 is 23.5 Å². The average molecular weight is 356 g/mol. The molecule has 0 saturated heterocycles. The maximum Gasteiger partial charge on any atom is 0.235 e. The van der Waals surface area contributed by atoms with Crippen LogP contribution in [0.15, 0.2) is 35.5 Å². The molecule has 3 rings (SSSR count). The number of carbonyl (C=O) groups is 1. The highest BCUT2D eigenvalue weighted by Crippen LogP contribution is 2.22. The molecular formula is C17H20N6OS. The van der Waals surface area contributed by atoms with Gasteiger partial charge in [-0.15, -0.1) is 10.2 Å². The number of hydrogen-bond donors (Lipinski definition) is 1. The Balaban J connectivity index is 1.72. The molecule has 7 nitrogen and oxygen atoms in total. The van der Waals surface area contributed by atoms with Gasteiger partial charge in [-0.3, -0.25) is 14.0 Å². The lowest BCUT2D eigenvalue weighted by Crippen LogP contribution is -2.16. The molecule has 8 heteroatoms. The SMILES string of the molecule is Cc1cccc(-n2c(C)nnc2SCC(=O)Nc2cc(C)nn2C)c1. The summed E-state index contributed by atoms with van der Waals surface area (Å²) in [7, 11) is 1.80. The highest BCUT2D eigenvalue weighted by molar-refractivity contribution is 7.99. The van der Waals surface area contributed by atoms with Crippen LogP contribution in [-0.2, 0) is 11.8 Å². The summed E-state index contributed by atoms with van der Waals surface area (Å²) in [5, 5.41) is 16.1. The minimum Gasteiger partial charge on any atom is -0.310 e. The lowest BCUT2D eigenvalue weighted by molar-refractivity contribution is -0.113. The number of nitrogens with one attached hydrogen (secondary N) is 1. The Morgan fingerprint density at radius 3 is 2.68 bits per heavy atom. The first-order chi connectivity index (χ1) is 11.9. The van der Waals surface area contributed by atoms with Crippen molar-refractivity contribution in [3.05, 3.63) is 47.4 Å². The molecule has 2 aromatic heterocycles. The van der Waals surface area contributed by atoms with Crippen molar-refractivity contribution in [2.75, 3.05) is 11.1 Å². The second-order valence-electron chi connectivity index (χ2n) is 5.84. The summed E-state index contributed by atoms with van der Waals surface area (Å²) in [6, 6.07) is 9.95. The molecule has 2 heterocycles. The molecule has 1 aromatic carbocycles. The second-order valence-corrected chi connectivity index (χ2v) is 6.78. The van der Waals surface area contributed by atoms with Gasteiger partial charge < -0.3 is 5.32 Å². The standard InChI is InChI=1S/C17H20N6OS/c1-11-6-5-7-14(8-11)23-13(3)19-20-17(23)25-10-16(24)18-15-9-12(2)21-22(15)4/h5-9H,10H2,1-4H3,(H,18,24). The fourth-order valence-electron chi connectivity index (χ4n) is 2.54. The van der Waals surface area contributed by atoms with E-state index in [0.29, 0.717) is 11.0 Å². The highest BCUT2D eigenvalue weighted by atomic mass is 32.2. The van der Waals surface area contributed by atoms with E-state index >= 15 is 0 Å². The predicted molar refractivity (Wildman–Crippen MR) is 98.1 cm³/mol. The normalized spacial score (nSPS) is 10.9. The molecular weight excluding hydrogens is 336 g/mol. The van der Waals surface area contributed by atoms with Crippen molar-refractivity contribution < 1.29 is 4.79 Å².